The highest BCUT2D eigenvalue weighted by Crippen LogP contribution is 2.14. The molecule has 1 radical (unpaired) electrons. The Kier molecular flexibility index (Phi) is 4.19. The van der Waals surface area contributed by atoms with Gasteiger partial charge in [0.2, 0.25) is 0 Å². The van der Waals surface area contributed by atoms with Crippen LogP contribution in [0.2, 0.25) is 0 Å². The maximum Gasteiger partial charge on any atom is 0.119 e. The number of rotatable bonds is 4. The van der Waals surface area contributed by atoms with E-state index in [2.05, 4.69) is 23.6 Å². The number of morpholine rings is 1. The van der Waals surface area contributed by atoms with Gasteiger partial charge in [-0.15, -0.1) is 0 Å². The molecule has 0 aromatic heterocycles. The Hall–Kier alpha value is -1.06. The first kappa shape index (κ1) is 11.4. The highest BCUT2D eigenvalue weighted by molar-refractivity contribution is 5.29. The standard InChI is InChI=1S/C13H18NO2/c1-15-13-4-2-3-12(11-13)5-6-14-7-9-16-10-8-14/h2-4,6,11H,5,7-10H2,1H3. The molecule has 1 fully saturated rings. The van der Waals surface area contributed by atoms with E-state index in [1.54, 1.807) is 7.11 Å². The molecule has 16 heavy (non-hydrogen) atoms. The van der Waals surface area contributed by atoms with Crippen LogP contribution >= 0.6 is 0 Å². The van der Waals surface area contributed by atoms with Crippen molar-refractivity contribution in [2.24, 2.45) is 0 Å². The Morgan fingerprint density at radius 2 is 2.19 bits per heavy atom. The number of benzene rings is 1. The molecule has 1 aliphatic heterocycles. The molecular weight excluding hydrogens is 202 g/mol. The summed E-state index contributed by atoms with van der Waals surface area (Å²) in [7, 11) is 1.70. The third-order valence-electron chi connectivity index (χ3n) is 2.77. The molecule has 87 valence electrons. The van der Waals surface area contributed by atoms with Crippen molar-refractivity contribution in [2.75, 3.05) is 33.4 Å². The third-order valence-corrected chi connectivity index (χ3v) is 2.77. The van der Waals surface area contributed by atoms with Crippen LogP contribution < -0.4 is 4.74 Å². The minimum atomic E-state index is 0.842. The molecular formula is C13H18NO2. The molecule has 0 aliphatic carbocycles. The zero-order valence-electron chi connectivity index (χ0n) is 9.69. The molecule has 1 heterocycles. The lowest BCUT2D eigenvalue weighted by Gasteiger charge is -2.26. The van der Waals surface area contributed by atoms with Crippen LogP contribution in [0.4, 0.5) is 0 Å². The second-order valence-electron chi connectivity index (χ2n) is 3.89. The van der Waals surface area contributed by atoms with E-state index in [4.69, 9.17) is 9.47 Å². The fraction of sp³-hybridized carbons (Fsp3) is 0.462. The Morgan fingerprint density at radius 1 is 1.38 bits per heavy atom. The third kappa shape index (κ3) is 3.22. The fourth-order valence-electron chi connectivity index (χ4n) is 1.79. The predicted octanol–water partition coefficient (Wildman–Crippen LogP) is 1.73. The van der Waals surface area contributed by atoms with Crippen molar-refractivity contribution in [1.82, 2.24) is 4.90 Å². The van der Waals surface area contributed by atoms with Crippen molar-refractivity contribution in [2.45, 2.75) is 6.42 Å². The van der Waals surface area contributed by atoms with E-state index < -0.39 is 0 Å². The van der Waals surface area contributed by atoms with Gasteiger partial charge in [-0.25, -0.2) is 0 Å². The van der Waals surface area contributed by atoms with Crippen LogP contribution in [0, 0.1) is 6.54 Å². The van der Waals surface area contributed by atoms with Crippen LogP contribution in [0.5, 0.6) is 5.75 Å². The van der Waals surface area contributed by atoms with Crippen molar-refractivity contribution in [3.63, 3.8) is 0 Å². The lowest BCUT2D eigenvalue weighted by molar-refractivity contribution is 0.0506. The molecule has 1 aromatic carbocycles. The second kappa shape index (κ2) is 5.87. The molecule has 0 N–H and O–H groups in total. The average Bonchev–Trinajstić information content (AvgIpc) is 2.38. The quantitative estimate of drug-likeness (QED) is 0.771. The van der Waals surface area contributed by atoms with Crippen LogP contribution in [0.1, 0.15) is 5.56 Å². The van der Waals surface area contributed by atoms with Crippen molar-refractivity contribution < 1.29 is 9.47 Å². The normalized spacial score (nSPS) is 17.3. The zero-order valence-corrected chi connectivity index (χ0v) is 9.69. The molecule has 1 aliphatic rings. The molecule has 0 saturated carbocycles. The average molecular weight is 220 g/mol. The van der Waals surface area contributed by atoms with Gasteiger partial charge < -0.3 is 9.47 Å². The van der Waals surface area contributed by atoms with Gasteiger partial charge in [-0.05, 0) is 24.1 Å². The van der Waals surface area contributed by atoms with E-state index in [0.29, 0.717) is 0 Å². The summed E-state index contributed by atoms with van der Waals surface area (Å²) in [6.45, 7) is 5.94. The summed E-state index contributed by atoms with van der Waals surface area (Å²) in [5.41, 5.74) is 1.28. The molecule has 3 heteroatoms. The minimum Gasteiger partial charge on any atom is -0.497 e. The highest BCUT2D eigenvalue weighted by Gasteiger charge is 2.10. The summed E-state index contributed by atoms with van der Waals surface area (Å²) in [6.07, 6.45) is 0.956. The van der Waals surface area contributed by atoms with Gasteiger partial charge >= 0.3 is 0 Å². The smallest absolute Gasteiger partial charge is 0.119 e. The van der Waals surface area contributed by atoms with Gasteiger partial charge in [0.15, 0.2) is 0 Å². The van der Waals surface area contributed by atoms with E-state index >= 15 is 0 Å². The Bertz CT molecular complexity index is 321. The maximum atomic E-state index is 5.31. The van der Waals surface area contributed by atoms with Gasteiger partial charge in [-0.3, -0.25) is 4.90 Å². The Morgan fingerprint density at radius 3 is 2.94 bits per heavy atom. The van der Waals surface area contributed by atoms with Crippen LogP contribution in [-0.4, -0.2) is 38.3 Å². The second-order valence-corrected chi connectivity index (χ2v) is 3.89. The van der Waals surface area contributed by atoms with Crippen molar-refractivity contribution in [3.05, 3.63) is 36.4 Å². The van der Waals surface area contributed by atoms with E-state index in [0.717, 1.165) is 38.5 Å². The van der Waals surface area contributed by atoms with Crippen LogP contribution in [0.25, 0.3) is 0 Å². The van der Waals surface area contributed by atoms with E-state index in [-0.39, 0.29) is 0 Å². The first-order valence-corrected chi connectivity index (χ1v) is 5.66. The first-order chi connectivity index (χ1) is 7.88. The largest absolute Gasteiger partial charge is 0.497 e. The van der Waals surface area contributed by atoms with Gasteiger partial charge in [-0.1, -0.05) is 12.1 Å². The zero-order chi connectivity index (χ0) is 11.2. The van der Waals surface area contributed by atoms with Gasteiger partial charge in [0.05, 0.1) is 20.3 Å². The maximum absolute atomic E-state index is 5.31. The summed E-state index contributed by atoms with van der Waals surface area (Å²) in [6, 6.07) is 8.20. The van der Waals surface area contributed by atoms with Crippen molar-refractivity contribution in [3.8, 4) is 5.75 Å². The summed E-state index contributed by atoms with van der Waals surface area (Å²) >= 11 is 0. The molecule has 0 unspecified atom stereocenters. The summed E-state index contributed by atoms with van der Waals surface area (Å²) in [5.74, 6) is 0.924. The van der Waals surface area contributed by atoms with Crippen molar-refractivity contribution >= 4 is 0 Å². The molecule has 0 spiro atoms. The lowest BCUT2D eigenvalue weighted by atomic mass is 10.1. The monoisotopic (exact) mass is 220 g/mol. The van der Waals surface area contributed by atoms with Gasteiger partial charge in [0.25, 0.3) is 0 Å². The van der Waals surface area contributed by atoms with E-state index in [9.17, 15) is 0 Å². The predicted molar refractivity (Wildman–Crippen MR) is 63.4 cm³/mol. The van der Waals surface area contributed by atoms with Crippen molar-refractivity contribution in [1.29, 1.82) is 0 Å². The molecule has 0 atom stereocenters. The number of hydrogen-bond donors (Lipinski definition) is 0. The number of ether oxygens (including phenoxy) is 2. The van der Waals surface area contributed by atoms with Gasteiger partial charge in [-0.2, -0.15) is 0 Å². The molecule has 1 saturated heterocycles. The summed E-state index contributed by atoms with van der Waals surface area (Å²) in [5, 5.41) is 0. The van der Waals surface area contributed by atoms with Gasteiger partial charge in [0, 0.05) is 19.6 Å². The molecule has 0 bridgehead atoms. The molecule has 1 aromatic rings. The molecule has 3 nitrogen and oxygen atoms in total. The number of nitrogens with zero attached hydrogens (tertiary/aromatic N) is 1. The Balaban J connectivity index is 1.83. The summed E-state index contributed by atoms with van der Waals surface area (Å²) < 4.78 is 10.5. The van der Waals surface area contributed by atoms with Crippen LogP contribution in [-0.2, 0) is 11.2 Å². The SMILES string of the molecule is COc1cccc(C[CH]N2CCOCC2)c1. The lowest BCUT2D eigenvalue weighted by Crippen LogP contribution is -2.34. The van der Waals surface area contributed by atoms with Crippen LogP contribution in [0.3, 0.4) is 0 Å². The van der Waals surface area contributed by atoms with Gasteiger partial charge in [0.1, 0.15) is 5.75 Å². The summed E-state index contributed by atoms with van der Waals surface area (Å²) in [4.78, 5) is 2.32. The minimum absolute atomic E-state index is 0.842. The highest BCUT2D eigenvalue weighted by atomic mass is 16.5. The number of methoxy groups -OCH3 is 1. The fourth-order valence-corrected chi connectivity index (χ4v) is 1.79. The van der Waals surface area contributed by atoms with Crippen LogP contribution in [0.15, 0.2) is 24.3 Å². The molecule has 2 rings (SSSR count). The number of hydrogen-bond acceptors (Lipinski definition) is 3. The molecule has 0 amide bonds. The van der Waals surface area contributed by atoms with E-state index in [1.807, 2.05) is 12.1 Å². The topological polar surface area (TPSA) is 21.7 Å². The van der Waals surface area contributed by atoms with E-state index in [1.165, 1.54) is 5.56 Å². The first-order valence-electron chi connectivity index (χ1n) is 5.66. The Labute approximate surface area is 97.0 Å².